The van der Waals surface area contributed by atoms with E-state index in [1.165, 1.54) is 18.3 Å². The predicted octanol–water partition coefficient (Wildman–Crippen LogP) is 2.97. The third-order valence-electron chi connectivity index (χ3n) is 3.43. The molecular formula is C18H18FN7O. The van der Waals surface area contributed by atoms with Gasteiger partial charge in [0, 0.05) is 25.3 Å². The van der Waals surface area contributed by atoms with Gasteiger partial charge in [-0.1, -0.05) is 12.1 Å². The molecule has 0 unspecified atom stereocenters. The summed E-state index contributed by atoms with van der Waals surface area (Å²) in [6.07, 6.45) is 1.46. The quantitative estimate of drug-likeness (QED) is 0.455. The minimum Gasteiger partial charge on any atom is -0.507 e. The molecule has 1 heterocycles. The van der Waals surface area contributed by atoms with Crippen molar-refractivity contribution in [2.24, 2.45) is 5.10 Å². The zero-order valence-corrected chi connectivity index (χ0v) is 14.8. The van der Waals surface area contributed by atoms with Crippen LogP contribution in [-0.2, 0) is 0 Å². The molecule has 0 aliphatic rings. The summed E-state index contributed by atoms with van der Waals surface area (Å²) in [5.74, 6) is 0.692. The maximum absolute atomic E-state index is 13.0. The van der Waals surface area contributed by atoms with Gasteiger partial charge in [0.25, 0.3) is 0 Å². The monoisotopic (exact) mass is 367 g/mol. The normalized spacial score (nSPS) is 10.8. The third kappa shape index (κ3) is 4.88. The van der Waals surface area contributed by atoms with Crippen molar-refractivity contribution in [2.75, 3.05) is 29.7 Å². The highest BCUT2D eigenvalue weighted by Gasteiger charge is 2.08. The van der Waals surface area contributed by atoms with Gasteiger partial charge >= 0.3 is 0 Å². The summed E-state index contributed by atoms with van der Waals surface area (Å²) < 4.78 is 13.0. The third-order valence-corrected chi connectivity index (χ3v) is 3.43. The number of aromatic nitrogens is 3. The SMILES string of the molecule is CN(C)c1nc(N/N=C\c2ccccc2O)nc(Nc2ccc(F)cc2)n1. The van der Waals surface area contributed by atoms with Crippen LogP contribution in [0.5, 0.6) is 5.75 Å². The molecule has 0 fully saturated rings. The van der Waals surface area contributed by atoms with Gasteiger partial charge in [-0.2, -0.15) is 20.1 Å². The maximum atomic E-state index is 13.0. The van der Waals surface area contributed by atoms with Gasteiger partial charge in [-0.15, -0.1) is 0 Å². The lowest BCUT2D eigenvalue weighted by atomic mass is 10.2. The Morgan fingerprint density at radius 2 is 1.70 bits per heavy atom. The summed E-state index contributed by atoms with van der Waals surface area (Å²) in [5.41, 5.74) is 3.91. The van der Waals surface area contributed by atoms with Crippen molar-refractivity contribution in [3.63, 3.8) is 0 Å². The fourth-order valence-corrected chi connectivity index (χ4v) is 2.09. The number of phenolic OH excluding ortho intramolecular Hbond substituents is 1. The second kappa shape index (κ2) is 8.09. The first-order valence-electron chi connectivity index (χ1n) is 8.04. The van der Waals surface area contributed by atoms with Crippen LogP contribution in [0.2, 0.25) is 0 Å². The van der Waals surface area contributed by atoms with Gasteiger partial charge in [-0.25, -0.2) is 9.82 Å². The lowest BCUT2D eigenvalue weighted by molar-refractivity contribution is 0.474. The molecule has 0 spiro atoms. The van der Waals surface area contributed by atoms with Crippen LogP contribution in [0, 0.1) is 5.82 Å². The van der Waals surface area contributed by atoms with Crippen LogP contribution >= 0.6 is 0 Å². The van der Waals surface area contributed by atoms with E-state index in [1.807, 2.05) is 0 Å². The lowest BCUT2D eigenvalue weighted by Crippen LogP contribution is -2.15. The number of hydrazone groups is 1. The average molecular weight is 367 g/mol. The zero-order chi connectivity index (χ0) is 19.2. The topological polar surface area (TPSA) is 98.6 Å². The number of rotatable bonds is 6. The Balaban J connectivity index is 1.80. The molecular weight excluding hydrogens is 349 g/mol. The molecule has 8 nitrogen and oxygen atoms in total. The Morgan fingerprint density at radius 1 is 1.00 bits per heavy atom. The van der Waals surface area contributed by atoms with Crippen LogP contribution in [0.25, 0.3) is 0 Å². The summed E-state index contributed by atoms with van der Waals surface area (Å²) in [7, 11) is 3.60. The number of phenols is 1. The zero-order valence-electron chi connectivity index (χ0n) is 14.8. The van der Waals surface area contributed by atoms with E-state index in [0.29, 0.717) is 17.2 Å². The summed E-state index contributed by atoms with van der Waals surface area (Å²) >= 11 is 0. The van der Waals surface area contributed by atoms with Gasteiger partial charge in [-0.05, 0) is 36.4 Å². The summed E-state index contributed by atoms with van der Waals surface area (Å²) in [6, 6.07) is 12.6. The molecule has 138 valence electrons. The number of hydrogen-bond acceptors (Lipinski definition) is 8. The number of aromatic hydroxyl groups is 1. The molecule has 0 aliphatic heterocycles. The Kier molecular flexibility index (Phi) is 5.41. The van der Waals surface area contributed by atoms with E-state index in [-0.39, 0.29) is 23.5 Å². The van der Waals surface area contributed by atoms with Crippen LogP contribution in [0.1, 0.15) is 5.56 Å². The Labute approximate surface area is 155 Å². The van der Waals surface area contributed by atoms with Crippen molar-refractivity contribution >= 4 is 29.7 Å². The van der Waals surface area contributed by atoms with Gasteiger partial charge in [0.1, 0.15) is 11.6 Å². The molecule has 0 radical (unpaired) electrons. The summed E-state index contributed by atoms with van der Waals surface area (Å²) in [5, 5.41) is 16.8. The van der Waals surface area contributed by atoms with Crippen LogP contribution in [0.3, 0.4) is 0 Å². The summed E-state index contributed by atoms with van der Waals surface area (Å²) in [6.45, 7) is 0. The average Bonchev–Trinajstić information content (AvgIpc) is 2.65. The lowest BCUT2D eigenvalue weighted by Gasteiger charge is -2.13. The van der Waals surface area contributed by atoms with Gasteiger partial charge in [0.2, 0.25) is 17.8 Å². The minimum atomic E-state index is -0.328. The standard InChI is InChI=1S/C18H18FN7O/c1-26(2)18-23-16(21-14-9-7-13(19)8-10-14)22-17(24-18)25-20-11-12-5-3-4-6-15(12)27/h3-11,27H,1-2H3,(H2,21,22,23,24,25)/b20-11-. The Morgan fingerprint density at radius 3 is 2.41 bits per heavy atom. The molecule has 0 aliphatic carbocycles. The molecule has 3 N–H and O–H groups in total. The summed E-state index contributed by atoms with van der Waals surface area (Å²) in [4.78, 5) is 14.5. The molecule has 2 aromatic carbocycles. The van der Waals surface area contributed by atoms with E-state index in [9.17, 15) is 9.50 Å². The van der Waals surface area contributed by atoms with E-state index >= 15 is 0 Å². The largest absolute Gasteiger partial charge is 0.507 e. The molecule has 0 saturated carbocycles. The van der Waals surface area contributed by atoms with Crippen LogP contribution < -0.4 is 15.6 Å². The molecule has 0 amide bonds. The van der Waals surface area contributed by atoms with Gasteiger partial charge in [0.05, 0.1) is 6.21 Å². The number of nitrogens with one attached hydrogen (secondary N) is 2. The first-order chi connectivity index (χ1) is 13.0. The Hall–Kier alpha value is -3.75. The van der Waals surface area contributed by atoms with Crippen molar-refractivity contribution < 1.29 is 9.50 Å². The molecule has 9 heteroatoms. The van der Waals surface area contributed by atoms with E-state index in [0.717, 1.165) is 0 Å². The highest BCUT2D eigenvalue weighted by Crippen LogP contribution is 2.17. The highest BCUT2D eigenvalue weighted by atomic mass is 19.1. The number of anilines is 4. The van der Waals surface area contributed by atoms with Crippen molar-refractivity contribution in [3.8, 4) is 5.75 Å². The van der Waals surface area contributed by atoms with E-state index in [1.54, 1.807) is 55.4 Å². The maximum Gasteiger partial charge on any atom is 0.250 e. The molecule has 0 bridgehead atoms. The molecule has 27 heavy (non-hydrogen) atoms. The van der Waals surface area contributed by atoms with Crippen molar-refractivity contribution in [1.82, 2.24) is 15.0 Å². The number of hydrogen-bond donors (Lipinski definition) is 3. The van der Waals surface area contributed by atoms with E-state index in [4.69, 9.17) is 0 Å². The smallest absolute Gasteiger partial charge is 0.250 e. The second-order valence-corrected chi connectivity index (χ2v) is 5.74. The molecule has 0 atom stereocenters. The number of para-hydroxylation sites is 1. The molecule has 3 rings (SSSR count). The number of benzene rings is 2. The van der Waals surface area contributed by atoms with Crippen LogP contribution in [0.4, 0.5) is 27.9 Å². The molecule has 1 aromatic heterocycles. The van der Waals surface area contributed by atoms with E-state index in [2.05, 4.69) is 30.8 Å². The predicted molar refractivity (Wildman–Crippen MR) is 103 cm³/mol. The van der Waals surface area contributed by atoms with Gasteiger partial charge < -0.3 is 15.3 Å². The van der Waals surface area contributed by atoms with E-state index < -0.39 is 0 Å². The van der Waals surface area contributed by atoms with Crippen molar-refractivity contribution in [2.45, 2.75) is 0 Å². The number of halogens is 1. The van der Waals surface area contributed by atoms with Crippen LogP contribution in [0.15, 0.2) is 53.6 Å². The molecule has 3 aromatic rings. The fraction of sp³-hybridized carbons (Fsp3) is 0.111. The van der Waals surface area contributed by atoms with Crippen molar-refractivity contribution in [1.29, 1.82) is 0 Å². The first-order valence-corrected chi connectivity index (χ1v) is 8.04. The fourth-order valence-electron chi connectivity index (χ4n) is 2.09. The minimum absolute atomic E-state index is 0.117. The Bertz CT molecular complexity index is 945. The van der Waals surface area contributed by atoms with Crippen LogP contribution in [-0.4, -0.2) is 40.4 Å². The van der Waals surface area contributed by atoms with Gasteiger partial charge in [-0.3, -0.25) is 0 Å². The van der Waals surface area contributed by atoms with Gasteiger partial charge in [0.15, 0.2) is 0 Å². The second-order valence-electron chi connectivity index (χ2n) is 5.74. The number of nitrogens with zero attached hydrogens (tertiary/aromatic N) is 5. The first kappa shape index (κ1) is 18.1. The highest BCUT2D eigenvalue weighted by molar-refractivity contribution is 5.83. The van der Waals surface area contributed by atoms with Crippen molar-refractivity contribution in [3.05, 3.63) is 59.9 Å². The molecule has 0 saturated heterocycles.